The maximum Gasteiger partial charge on any atom is 0.313 e. The third-order valence-electron chi connectivity index (χ3n) is 5.03. The van der Waals surface area contributed by atoms with Gasteiger partial charge in [-0.05, 0) is 24.5 Å². The van der Waals surface area contributed by atoms with Crippen LogP contribution in [-0.2, 0) is 20.9 Å². The van der Waals surface area contributed by atoms with Gasteiger partial charge in [0.25, 0.3) is 5.91 Å². The number of carboxylic acid groups (broad SMARTS) is 1. The molecule has 1 N–H and O–H groups in total. The van der Waals surface area contributed by atoms with Gasteiger partial charge < -0.3 is 19.6 Å². The molecule has 1 saturated heterocycles. The number of aliphatic carboxylic acids is 1. The first-order valence-corrected chi connectivity index (χ1v) is 8.34. The zero-order chi connectivity index (χ0) is 18.0. The van der Waals surface area contributed by atoms with Crippen LogP contribution >= 0.6 is 0 Å². The van der Waals surface area contributed by atoms with Crippen LogP contribution in [0.4, 0.5) is 0 Å². The van der Waals surface area contributed by atoms with Crippen LogP contribution in [0, 0.1) is 5.41 Å². The first-order chi connectivity index (χ1) is 12.0. The molecule has 0 saturated carbocycles. The van der Waals surface area contributed by atoms with Crippen LogP contribution in [0.25, 0.3) is 0 Å². The molecule has 7 heteroatoms. The summed E-state index contributed by atoms with van der Waals surface area (Å²) < 4.78 is 5.08. The van der Waals surface area contributed by atoms with E-state index in [1.54, 1.807) is 17.0 Å². The summed E-state index contributed by atoms with van der Waals surface area (Å²) in [7, 11) is 1.46. The second-order valence-corrected chi connectivity index (χ2v) is 6.76. The van der Waals surface area contributed by atoms with Crippen molar-refractivity contribution in [3.8, 4) is 0 Å². The van der Waals surface area contributed by atoms with Gasteiger partial charge in [-0.25, -0.2) is 0 Å². The summed E-state index contributed by atoms with van der Waals surface area (Å²) in [5.41, 5.74) is 0.479. The highest BCUT2D eigenvalue weighted by Gasteiger charge is 2.44. The van der Waals surface area contributed by atoms with Crippen molar-refractivity contribution >= 4 is 17.8 Å². The predicted octanol–water partition coefficient (Wildman–Crippen LogP) is 0.982. The van der Waals surface area contributed by atoms with Crippen molar-refractivity contribution in [2.45, 2.75) is 19.4 Å². The summed E-state index contributed by atoms with van der Waals surface area (Å²) >= 11 is 0. The Balaban J connectivity index is 1.68. The van der Waals surface area contributed by atoms with Gasteiger partial charge in [-0.15, -0.1) is 0 Å². The molecule has 3 rings (SSSR count). The molecule has 1 aromatic carbocycles. The van der Waals surface area contributed by atoms with E-state index in [9.17, 15) is 19.5 Å². The van der Waals surface area contributed by atoms with Crippen LogP contribution in [0.1, 0.15) is 28.8 Å². The molecule has 25 heavy (non-hydrogen) atoms. The van der Waals surface area contributed by atoms with Crippen molar-refractivity contribution in [1.82, 2.24) is 9.80 Å². The summed E-state index contributed by atoms with van der Waals surface area (Å²) in [5, 5.41) is 9.58. The molecule has 1 aromatic rings. The van der Waals surface area contributed by atoms with E-state index in [4.69, 9.17) is 4.74 Å². The Labute approximate surface area is 146 Å². The summed E-state index contributed by atoms with van der Waals surface area (Å²) in [5.74, 6) is -1.32. The molecule has 0 aromatic heterocycles. The fourth-order valence-electron chi connectivity index (χ4n) is 3.68. The third kappa shape index (κ3) is 3.24. The molecule has 2 amide bonds. The quantitative estimate of drug-likeness (QED) is 0.859. The van der Waals surface area contributed by atoms with Crippen molar-refractivity contribution in [2.75, 3.05) is 33.4 Å². The van der Waals surface area contributed by atoms with Crippen molar-refractivity contribution < 1.29 is 24.2 Å². The monoisotopic (exact) mass is 346 g/mol. The number of nitrogens with zero attached hydrogens (tertiary/aromatic N) is 2. The van der Waals surface area contributed by atoms with Gasteiger partial charge in [0.2, 0.25) is 5.91 Å². The molecule has 0 aliphatic carbocycles. The van der Waals surface area contributed by atoms with Gasteiger partial charge in [-0.3, -0.25) is 14.4 Å². The standard InChI is InChI=1S/C18H22N2O5/c1-25-12-18(17(23)24)7-4-8-19(11-18)15(21)10-20-9-13-5-2-3-6-14(13)16(20)22/h2-3,5-6H,4,7-12H2,1H3,(H,23,24). The van der Waals surface area contributed by atoms with Gasteiger partial charge in [0.05, 0.1) is 6.61 Å². The highest BCUT2D eigenvalue weighted by atomic mass is 16.5. The van der Waals surface area contributed by atoms with E-state index in [1.165, 1.54) is 12.0 Å². The first kappa shape index (κ1) is 17.4. The molecule has 0 radical (unpaired) electrons. The molecular formula is C18H22N2O5. The Morgan fingerprint density at radius 3 is 2.76 bits per heavy atom. The number of ether oxygens (including phenoxy) is 1. The van der Waals surface area contributed by atoms with Gasteiger partial charge in [0, 0.05) is 32.3 Å². The van der Waals surface area contributed by atoms with E-state index in [0.29, 0.717) is 31.5 Å². The van der Waals surface area contributed by atoms with Gasteiger partial charge >= 0.3 is 5.97 Å². The lowest BCUT2D eigenvalue weighted by Gasteiger charge is -2.39. The van der Waals surface area contributed by atoms with E-state index in [2.05, 4.69) is 0 Å². The van der Waals surface area contributed by atoms with Gasteiger partial charge in [-0.1, -0.05) is 18.2 Å². The predicted molar refractivity (Wildman–Crippen MR) is 88.9 cm³/mol. The Hall–Kier alpha value is -2.41. The van der Waals surface area contributed by atoms with Gasteiger partial charge in [0.15, 0.2) is 0 Å². The number of hydrogen-bond donors (Lipinski definition) is 1. The van der Waals surface area contributed by atoms with Crippen LogP contribution in [0.2, 0.25) is 0 Å². The highest BCUT2D eigenvalue weighted by Crippen LogP contribution is 2.31. The number of carboxylic acids is 1. The summed E-state index contributed by atoms with van der Waals surface area (Å²) in [4.78, 5) is 39.8. The van der Waals surface area contributed by atoms with Crippen LogP contribution in [-0.4, -0.2) is 66.0 Å². The van der Waals surface area contributed by atoms with Gasteiger partial charge in [0.1, 0.15) is 12.0 Å². The minimum absolute atomic E-state index is 0.0316. The maximum absolute atomic E-state index is 12.7. The van der Waals surface area contributed by atoms with Crippen molar-refractivity contribution in [3.63, 3.8) is 0 Å². The Morgan fingerprint density at radius 1 is 1.32 bits per heavy atom. The van der Waals surface area contributed by atoms with E-state index in [1.807, 2.05) is 12.1 Å². The number of likely N-dealkylation sites (tertiary alicyclic amines) is 1. The Morgan fingerprint density at radius 2 is 2.08 bits per heavy atom. The van der Waals surface area contributed by atoms with Crippen LogP contribution < -0.4 is 0 Å². The van der Waals surface area contributed by atoms with E-state index >= 15 is 0 Å². The normalized spacial score (nSPS) is 22.8. The average Bonchev–Trinajstić information content (AvgIpc) is 2.91. The van der Waals surface area contributed by atoms with E-state index in [-0.39, 0.29) is 31.5 Å². The Kier molecular flexibility index (Phi) is 4.76. The lowest BCUT2D eigenvalue weighted by molar-refractivity contribution is -0.159. The molecule has 7 nitrogen and oxygen atoms in total. The van der Waals surface area contributed by atoms with Crippen molar-refractivity contribution in [2.24, 2.45) is 5.41 Å². The number of methoxy groups -OCH3 is 1. The molecule has 1 atom stereocenters. The molecular weight excluding hydrogens is 324 g/mol. The van der Waals surface area contributed by atoms with Crippen molar-refractivity contribution in [3.05, 3.63) is 35.4 Å². The molecule has 2 heterocycles. The smallest absolute Gasteiger partial charge is 0.313 e. The molecule has 0 bridgehead atoms. The van der Waals surface area contributed by atoms with Crippen LogP contribution in [0.5, 0.6) is 0 Å². The summed E-state index contributed by atoms with van der Waals surface area (Å²) in [6.07, 6.45) is 1.09. The van der Waals surface area contributed by atoms with Crippen LogP contribution in [0.15, 0.2) is 24.3 Å². The van der Waals surface area contributed by atoms with Gasteiger partial charge in [-0.2, -0.15) is 0 Å². The summed E-state index contributed by atoms with van der Waals surface area (Å²) in [6, 6.07) is 7.32. The number of piperidine rings is 1. The lowest BCUT2D eigenvalue weighted by Crippen LogP contribution is -2.53. The number of carbonyl (C=O) groups is 3. The number of amides is 2. The van der Waals surface area contributed by atoms with E-state index in [0.717, 1.165) is 5.56 Å². The maximum atomic E-state index is 12.7. The molecule has 1 fully saturated rings. The summed E-state index contributed by atoms with van der Waals surface area (Å²) in [6.45, 7) is 1.07. The number of rotatable bonds is 5. The average molecular weight is 346 g/mol. The van der Waals surface area contributed by atoms with E-state index < -0.39 is 11.4 Å². The minimum Gasteiger partial charge on any atom is -0.481 e. The molecule has 0 spiro atoms. The number of fused-ring (bicyclic) bond motifs is 1. The molecule has 2 aliphatic rings. The second-order valence-electron chi connectivity index (χ2n) is 6.76. The fraction of sp³-hybridized carbons (Fsp3) is 0.500. The second kappa shape index (κ2) is 6.84. The Bertz CT molecular complexity index is 700. The first-order valence-electron chi connectivity index (χ1n) is 8.34. The lowest BCUT2D eigenvalue weighted by atomic mass is 9.80. The zero-order valence-electron chi connectivity index (χ0n) is 14.2. The third-order valence-corrected chi connectivity index (χ3v) is 5.03. The number of hydrogen-bond acceptors (Lipinski definition) is 4. The molecule has 134 valence electrons. The van der Waals surface area contributed by atoms with Crippen molar-refractivity contribution in [1.29, 1.82) is 0 Å². The number of benzene rings is 1. The fourth-order valence-corrected chi connectivity index (χ4v) is 3.68. The zero-order valence-corrected chi connectivity index (χ0v) is 14.2. The topological polar surface area (TPSA) is 87.2 Å². The minimum atomic E-state index is -1.07. The largest absolute Gasteiger partial charge is 0.481 e. The SMILES string of the molecule is COCC1(C(=O)O)CCCN(C(=O)CN2Cc3ccccc3C2=O)C1. The molecule has 2 aliphatic heterocycles. The highest BCUT2D eigenvalue weighted by molar-refractivity contribution is 6.00. The molecule has 1 unspecified atom stereocenters. The van der Waals surface area contributed by atoms with Crippen LogP contribution in [0.3, 0.4) is 0 Å². The number of carbonyl (C=O) groups excluding carboxylic acids is 2.